The van der Waals surface area contributed by atoms with Gasteiger partial charge < -0.3 is 29.4 Å². The summed E-state index contributed by atoms with van der Waals surface area (Å²) in [7, 11) is 3.11. The van der Waals surface area contributed by atoms with Crippen molar-refractivity contribution >= 4 is 29.6 Å². The van der Waals surface area contributed by atoms with E-state index in [1.54, 1.807) is 7.11 Å². The number of ketones is 1. The minimum absolute atomic E-state index is 0.00595. The Morgan fingerprint density at radius 3 is 2.07 bits per heavy atom. The molecule has 0 bridgehead atoms. The number of hydrazine groups is 2. The highest BCUT2D eigenvalue weighted by Crippen LogP contribution is 2.31. The average molecular weight is 767 g/mol. The highest BCUT2D eigenvalue weighted by molar-refractivity contribution is 5.93. The van der Waals surface area contributed by atoms with E-state index < -0.39 is 29.4 Å². The minimum Gasteiger partial charge on any atom is -0.379 e. The maximum atomic E-state index is 14.0. The summed E-state index contributed by atoms with van der Waals surface area (Å²) in [6.45, 7) is 9.61. The molecule has 3 aliphatic carbocycles. The first-order valence-electron chi connectivity index (χ1n) is 20.0. The Labute approximate surface area is 322 Å². The second-order valence-corrected chi connectivity index (χ2v) is 16.6. The summed E-state index contributed by atoms with van der Waals surface area (Å²) in [4.78, 5) is 74.4. The lowest BCUT2D eigenvalue weighted by Gasteiger charge is -2.41. The van der Waals surface area contributed by atoms with Crippen molar-refractivity contribution in [2.45, 2.75) is 154 Å². The van der Waals surface area contributed by atoms with Crippen molar-refractivity contribution in [3.8, 4) is 0 Å². The third-order valence-corrected chi connectivity index (χ3v) is 11.9. The number of carbonyl (C=O) groups is 5. The highest BCUT2D eigenvalue weighted by Gasteiger charge is 2.41. The van der Waals surface area contributed by atoms with Crippen LogP contribution in [0.25, 0.3) is 0 Å². The topological polar surface area (TPSA) is 216 Å². The van der Waals surface area contributed by atoms with E-state index in [9.17, 15) is 24.0 Å². The van der Waals surface area contributed by atoms with Crippen LogP contribution in [0, 0.1) is 17.8 Å². The van der Waals surface area contributed by atoms with Gasteiger partial charge in [-0.2, -0.15) is 5.90 Å². The third-order valence-electron chi connectivity index (χ3n) is 11.9. The molecule has 0 radical (unpaired) electrons. The van der Waals surface area contributed by atoms with Crippen molar-refractivity contribution in [1.29, 1.82) is 0 Å². The number of carbonyl (C=O) groups excluding carboxylic acids is 5. The monoisotopic (exact) mass is 767 g/mol. The molecular formula is C38H70N8O8. The molecule has 5 atom stereocenters. The molecule has 54 heavy (non-hydrogen) atoms. The van der Waals surface area contributed by atoms with E-state index in [2.05, 4.69) is 17.1 Å². The fraction of sp³-hybridized carbons (Fsp3) is 0.868. The molecule has 5 unspecified atom stereocenters. The summed E-state index contributed by atoms with van der Waals surface area (Å²) in [6, 6.07) is -0.528. The Morgan fingerprint density at radius 2 is 1.48 bits per heavy atom. The lowest BCUT2D eigenvalue weighted by atomic mass is 9.83. The molecule has 0 aromatic heterocycles. The van der Waals surface area contributed by atoms with Crippen molar-refractivity contribution < 1.29 is 38.3 Å². The van der Waals surface area contributed by atoms with E-state index in [1.165, 1.54) is 26.9 Å². The predicted molar refractivity (Wildman–Crippen MR) is 204 cm³/mol. The number of Topliss-reactive ketones (excluding diaryl/α,β-unsaturated/α-hetero) is 1. The number of methoxy groups -OCH3 is 2. The third kappa shape index (κ3) is 12.6. The zero-order chi connectivity index (χ0) is 40.2. The lowest BCUT2D eigenvalue weighted by Crippen LogP contribution is -2.60. The van der Waals surface area contributed by atoms with E-state index in [1.807, 2.05) is 27.7 Å². The molecule has 3 saturated carbocycles. The Balaban J connectivity index is 1.65. The maximum absolute atomic E-state index is 14.0. The van der Waals surface area contributed by atoms with E-state index in [4.69, 9.17) is 27.1 Å². The number of hydrogen-bond acceptors (Lipinski definition) is 12. The van der Waals surface area contributed by atoms with E-state index in [0.29, 0.717) is 51.0 Å². The number of hydrogen-bond donors (Lipinski definition) is 4. The van der Waals surface area contributed by atoms with Crippen LogP contribution in [0.3, 0.4) is 0 Å². The Kier molecular flexibility index (Phi) is 18.0. The van der Waals surface area contributed by atoms with Gasteiger partial charge in [-0.3, -0.25) is 29.2 Å². The smallest absolute Gasteiger partial charge is 0.348 e. The molecule has 0 spiro atoms. The average Bonchev–Trinajstić information content (AvgIpc) is 3.16. The second kappa shape index (κ2) is 21.4. The van der Waals surface area contributed by atoms with Gasteiger partial charge in [-0.05, 0) is 89.9 Å². The van der Waals surface area contributed by atoms with Crippen LogP contribution in [0.2, 0.25) is 0 Å². The van der Waals surface area contributed by atoms with E-state index in [-0.39, 0.29) is 73.9 Å². The Bertz CT molecular complexity index is 1250. The van der Waals surface area contributed by atoms with Gasteiger partial charge in [-0.25, -0.2) is 16.5 Å². The molecule has 3 aliphatic rings. The van der Waals surface area contributed by atoms with Crippen LogP contribution in [-0.4, -0.2) is 126 Å². The van der Waals surface area contributed by atoms with Crippen LogP contribution >= 0.6 is 0 Å². The molecule has 0 heterocycles. The van der Waals surface area contributed by atoms with Crippen LogP contribution in [-0.2, 0) is 33.5 Å². The van der Waals surface area contributed by atoms with Gasteiger partial charge in [0.2, 0.25) is 11.8 Å². The summed E-state index contributed by atoms with van der Waals surface area (Å²) < 4.78 is 11.3. The number of amides is 4. The molecule has 4 amide bonds. The van der Waals surface area contributed by atoms with Crippen molar-refractivity contribution in [3.05, 3.63) is 0 Å². The summed E-state index contributed by atoms with van der Waals surface area (Å²) in [5.41, 5.74) is -0.972. The van der Waals surface area contributed by atoms with Crippen LogP contribution < -0.4 is 22.9 Å². The van der Waals surface area contributed by atoms with Crippen LogP contribution in [0.15, 0.2) is 0 Å². The largest absolute Gasteiger partial charge is 0.379 e. The van der Waals surface area contributed by atoms with E-state index in [0.717, 1.165) is 38.5 Å². The molecule has 0 aromatic rings. The molecule has 0 aromatic carbocycles. The summed E-state index contributed by atoms with van der Waals surface area (Å²) >= 11 is 0. The lowest BCUT2D eigenvalue weighted by molar-refractivity contribution is -0.155. The fourth-order valence-corrected chi connectivity index (χ4v) is 8.32. The van der Waals surface area contributed by atoms with Crippen molar-refractivity contribution in [1.82, 2.24) is 25.1 Å². The number of nitrogens with one attached hydrogen (secondary N) is 1. The molecule has 3 fully saturated rings. The molecule has 3 rings (SSSR count). The molecule has 16 heteroatoms. The summed E-state index contributed by atoms with van der Waals surface area (Å²) in [6.07, 6.45) is 8.56. The summed E-state index contributed by atoms with van der Waals surface area (Å²) in [5, 5.41) is 6.13. The van der Waals surface area contributed by atoms with Crippen LogP contribution in [0.5, 0.6) is 0 Å². The maximum Gasteiger partial charge on any atom is 0.348 e. The Morgan fingerprint density at radius 1 is 0.815 bits per heavy atom. The predicted octanol–water partition coefficient (Wildman–Crippen LogP) is 2.63. The molecule has 310 valence electrons. The number of ether oxygens (including phenoxy) is 2. The quantitative estimate of drug-likeness (QED) is 0.0900. The first-order chi connectivity index (χ1) is 25.5. The standard InChI is InChI=1S/C38H70N8O8/c1-25(2)19-21-43(33(48)24-44(22-20-34(49)54-41)36(50)29-12-10-14-31(52-6)35(29)53-7)23-32(47)38(4,5)42-27-15-17-28(18-16-27)45(39)37(51)46(40)30-13-9-8-11-26(30)3/h25-31,35,42H,8-24,39-41H2,1-7H3. The molecular weight excluding hydrogens is 696 g/mol. The zero-order valence-electron chi connectivity index (χ0n) is 33.9. The number of nitrogens with zero attached hydrogens (tertiary/aromatic N) is 4. The van der Waals surface area contributed by atoms with Crippen LogP contribution in [0.1, 0.15) is 118 Å². The van der Waals surface area contributed by atoms with Crippen molar-refractivity contribution in [3.63, 3.8) is 0 Å². The molecule has 16 nitrogen and oxygen atoms in total. The molecule has 7 N–H and O–H groups in total. The molecule has 0 aliphatic heterocycles. The highest BCUT2D eigenvalue weighted by atomic mass is 16.7. The van der Waals surface area contributed by atoms with Gasteiger partial charge in [0.1, 0.15) is 0 Å². The normalized spacial score (nSPS) is 26.2. The van der Waals surface area contributed by atoms with Gasteiger partial charge >= 0.3 is 12.0 Å². The van der Waals surface area contributed by atoms with Gasteiger partial charge in [0.05, 0.1) is 55.3 Å². The minimum atomic E-state index is -0.972. The van der Waals surface area contributed by atoms with Crippen molar-refractivity contribution in [2.24, 2.45) is 35.3 Å². The first-order valence-corrected chi connectivity index (χ1v) is 20.0. The Hall–Kier alpha value is -2.89. The van der Waals surface area contributed by atoms with Crippen molar-refractivity contribution in [2.75, 3.05) is 40.4 Å². The van der Waals surface area contributed by atoms with Gasteiger partial charge in [0.25, 0.3) is 0 Å². The van der Waals surface area contributed by atoms with Gasteiger partial charge in [0, 0.05) is 33.4 Å². The molecule has 0 saturated heterocycles. The van der Waals surface area contributed by atoms with Gasteiger partial charge in [-0.15, -0.1) is 0 Å². The van der Waals surface area contributed by atoms with E-state index >= 15 is 0 Å². The SMILES string of the molecule is COC1CCCC(C(=O)N(CCC(=O)ON)CC(=O)N(CCC(C)C)CC(=O)C(C)(C)NC2CCC(N(N)C(=O)N(N)C3CCCCC3C)CC2)C1OC. The fourth-order valence-electron chi connectivity index (χ4n) is 8.32. The van der Waals surface area contributed by atoms with Gasteiger partial charge in [-0.1, -0.05) is 33.6 Å². The first kappa shape index (κ1) is 45.5. The second-order valence-electron chi connectivity index (χ2n) is 16.6. The number of nitrogens with two attached hydrogens (primary N) is 3. The number of rotatable bonds is 18. The van der Waals surface area contributed by atoms with Gasteiger partial charge in [0.15, 0.2) is 5.78 Å². The van der Waals surface area contributed by atoms with Crippen LogP contribution in [0.4, 0.5) is 4.79 Å². The number of urea groups is 1. The zero-order valence-corrected chi connectivity index (χ0v) is 33.9. The summed E-state index contributed by atoms with van der Waals surface area (Å²) in [5.74, 6) is 16.1.